The third-order valence-corrected chi connectivity index (χ3v) is 8.98. The first kappa shape index (κ1) is 32.9. The molecule has 0 radical (unpaired) electrons. The number of unbranched alkanes of at least 4 members (excludes halogenated alkanes) is 1. The van der Waals surface area contributed by atoms with Crippen LogP contribution in [0.3, 0.4) is 0 Å². The van der Waals surface area contributed by atoms with E-state index in [-0.39, 0.29) is 23.9 Å². The molecule has 3 aliphatic rings. The van der Waals surface area contributed by atoms with Crippen LogP contribution in [0.15, 0.2) is 24.4 Å². The number of benzene rings is 1. The largest absolute Gasteiger partial charge is 0.495 e. The van der Waals surface area contributed by atoms with Crippen LogP contribution in [-0.2, 0) is 14.3 Å². The van der Waals surface area contributed by atoms with Gasteiger partial charge < -0.3 is 40.0 Å². The molecule has 1 aliphatic carbocycles. The highest BCUT2D eigenvalue weighted by atomic mass is 16.5. The monoisotopic (exact) mass is 623 g/mol. The van der Waals surface area contributed by atoms with Crippen molar-refractivity contribution in [3.05, 3.63) is 30.0 Å². The molecule has 0 bridgehead atoms. The number of hydrogen-bond donors (Lipinski definition) is 3. The lowest BCUT2D eigenvalue weighted by molar-refractivity contribution is -0.120. The number of aromatic nitrogens is 2. The normalized spacial score (nSPS) is 19.1. The minimum Gasteiger partial charge on any atom is -0.495 e. The topological polar surface area (TPSA) is 130 Å². The van der Waals surface area contributed by atoms with Crippen LogP contribution in [0, 0.1) is 0 Å². The molecule has 2 fully saturated rings. The maximum Gasteiger partial charge on any atom is 0.251 e. The number of nitrogens with zero attached hydrogens (tertiary/aromatic N) is 4. The smallest absolute Gasteiger partial charge is 0.251 e. The summed E-state index contributed by atoms with van der Waals surface area (Å²) in [4.78, 5) is 39.3. The molecule has 0 spiro atoms. The van der Waals surface area contributed by atoms with Gasteiger partial charge in [-0.2, -0.15) is 4.98 Å². The number of carbonyl (C=O) groups is 2. The van der Waals surface area contributed by atoms with Gasteiger partial charge in [-0.05, 0) is 76.2 Å². The van der Waals surface area contributed by atoms with E-state index in [1.807, 2.05) is 6.92 Å². The zero-order valence-electron chi connectivity index (χ0n) is 27.0. The van der Waals surface area contributed by atoms with Crippen molar-refractivity contribution in [3.8, 4) is 5.75 Å². The Morgan fingerprint density at radius 2 is 1.87 bits per heavy atom. The van der Waals surface area contributed by atoms with E-state index in [9.17, 15) is 9.59 Å². The molecule has 1 unspecified atom stereocenters. The third kappa shape index (κ3) is 8.22. The van der Waals surface area contributed by atoms with Gasteiger partial charge in [-0.15, -0.1) is 0 Å². The lowest BCUT2D eigenvalue weighted by Crippen LogP contribution is -2.55. The van der Waals surface area contributed by atoms with E-state index < -0.39 is 0 Å². The molecule has 2 aromatic rings. The van der Waals surface area contributed by atoms with E-state index >= 15 is 0 Å². The Labute approximate surface area is 266 Å². The number of amides is 2. The van der Waals surface area contributed by atoms with Gasteiger partial charge in [-0.3, -0.25) is 9.59 Å². The fourth-order valence-corrected chi connectivity index (χ4v) is 6.46. The second kappa shape index (κ2) is 16.2. The van der Waals surface area contributed by atoms with E-state index in [0.717, 1.165) is 76.9 Å². The van der Waals surface area contributed by atoms with Crippen molar-refractivity contribution in [3.63, 3.8) is 0 Å². The van der Waals surface area contributed by atoms with Crippen molar-refractivity contribution in [2.75, 3.05) is 68.7 Å². The van der Waals surface area contributed by atoms with Crippen LogP contribution in [-0.4, -0.2) is 93.6 Å². The maximum absolute atomic E-state index is 13.2. The highest BCUT2D eigenvalue weighted by Gasteiger charge is 2.41. The Morgan fingerprint density at radius 1 is 1.09 bits per heavy atom. The van der Waals surface area contributed by atoms with E-state index in [4.69, 9.17) is 19.2 Å². The number of likely N-dealkylation sites (N-methyl/N-ethyl adjacent to an activating group) is 1. The molecule has 1 saturated carbocycles. The van der Waals surface area contributed by atoms with Crippen molar-refractivity contribution in [1.29, 1.82) is 0 Å². The summed E-state index contributed by atoms with van der Waals surface area (Å²) in [6.07, 6.45) is 11.3. The first-order valence-electron chi connectivity index (χ1n) is 16.6. The Balaban J connectivity index is 1.12. The summed E-state index contributed by atoms with van der Waals surface area (Å²) in [6.45, 7) is 6.42. The molecule has 2 amide bonds. The number of fused-ring (bicyclic) bond motifs is 1. The van der Waals surface area contributed by atoms with E-state index in [2.05, 4.69) is 25.8 Å². The van der Waals surface area contributed by atoms with Crippen LogP contribution >= 0.6 is 0 Å². The molecule has 1 atom stereocenters. The summed E-state index contributed by atoms with van der Waals surface area (Å²) in [5.74, 6) is 1.56. The fourth-order valence-electron chi connectivity index (χ4n) is 6.46. The Bertz CT molecular complexity index is 1280. The molecular formula is C33H49N7O5. The van der Waals surface area contributed by atoms with E-state index in [1.54, 1.807) is 43.5 Å². The average Bonchev–Trinajstić information content (AvgIpc) is 3.60. The lowest BCUT2D eigenvalue weighted by atomic mass is 10.0. The molecule has 3 heterocycles. The van der Waals surface area contributed by atoms with Crippen molar-refractivity contribution in [1.82, 2.24) is 20.6 Å². The molecule has 5 rings (SSSR count). The average molecular weight is 624 g/mol. The number of piperidine rings is 1. The zero-order chi connectivity index (χ0) is 31.6. The van der Waals surface area contributed by atoms with Gasteiger partial charge in [-0.25, -0.2) is 4.98 Å². The number of nitrogens with one attached hydrogen (secondary N) is 3. The van der Waals surface area contributed by atoms with Gasteiger partial charge >= 0.3 is 0 Å². The van der Waals surface area contributed by atoms with E-state index in [0.29, 0.717) is 60.9 Å². The second-order valence-electron chi connectivity index (χ2n) is 12.0. The van der Waals surface area contributed by atoms with Crippen LogP contribution in [0.1, 0.15) is 75.1 Å². The van der Waals surface area contributed by atoms with Crippen LogP contribution in [0.2, 0.25) is 0 Å². The maximum atomic E-state index is 13.2. The Morgan fingerprint density at radius 3 is 2.62 bits per heavy atom. The van der Waals surface area contributed by atoms with Crippen molar-refractivity contribution in [2.45, 2.75) is 82.9 Å². The molecule has 1 saturated heterocycles. The number of methoxy groups -OCH3 is 1. The summed E-state index contributed by atoms with van der Waals surface area (Å²) >= 11 is 0. The van der Waals surface area contributed by atoms with Crippen molar-refractivity contribution < 1.29 is 23.8 Å². The summed E-state index contributed by atoms with van der Waals surface area (Å²) in [6, 6.07) is 5.28. The Kier molecular flexibility index (Phi) is 11.8. The standard InChI is InChI=1S/C33H49N7O5/c1-4-27-32(42)39(2)28-22-36-33(38-30(28)40(27)24-9-5-6-10-24)37-26-12-11-23(21-29(26)43-3)31(41)35-17-20-44-18-7-8-19-45-25-13-15-34-16-14-25/h11-12,21-22,24-25,27,34H,4-10,13-20H2,1-3H3,(H,35,41)(H,36,37,38). The van der Waals surface area contributed by atoms with Crippen LogP contribution in [0.5, 0.6) is 5.75 Å². The molecule has 1 aromatic carbocycles. The molecule has 2 aliphatic heterocycles. The van der Waals surface area contributed by atoms with Gasteiger partial charge in [-0.1, -0.05) is 19.8 Å². The van der Waals surface area contributed by atoms with Crippen LogP contribution in [0.4, 0.5) is 23.1 Å². The zero-order valence-corrected chi connectivity index (χ0v) is 27.0. The number of hydrogen-bond acceptors (Lipinski definition) is 10. The third-order valence-electron chi connectivity index (χ3n) is 8.98. The van der Waals surface area contributed by atoms with Gasteiger partial charge in [0, 0.05) is 38.4 Å². The molecule has 12 heteroatoms. The summed E-state index contributed by atoms with van der Waals surface area (Å²) in [7, 11) is 3.36. The lowest BCUT2D eigenvalue weighted by Gasteiger charge is -2.43. The molecule has 246 valence electrons. The molecule has 12 nitrogen and oxygen atoms in total. The quantitative estimate of drug-likeness (QED) is 0.250. The van der Waals surface area contributed by atoms with Crippen LogP contribution in [0.25, 0.3) is 0 Å². The first-order chi connectivity index (χ1) is 22.0. The summed E-state index contributed by atoms with van der Waals surface area (Å²) in [5, 5.41) is 9.53. The van der Waals surface area contributed by atoms with Gasteiger partial charge in [0.1, 0.15) is 17.5 Å². The number of anilines is 4. The summed E-state index contributed by atoms with van der Waals surface area (Å²) in [5.41, 5.74) is 1.84. The molecule has 3 N–H and O–H groups in total. The first-order valence-corrected chi connectivity index (χ1v) is 16.6. The van der Waals surface area contributed by atoms with Crippen molar-refractivity contribution in [2.24, 2.45) is 0 Å². The Hall–Kier alpha value is -3.48. The minimum absolute atomic E-state index is 0.0803. The van der Waals surface area contributed by atoms with Gasteiger partial charge in [0.2, 0.25) is 11.9 Å². The fraction of sp³-hybridized carbons (Fsp3) is 0.636. The molecule has 45 heavy (non-hydrogen) atoms. The second-order valence-corrected chi connectivity index (χ2v) is 12.0. The SMILES string of the molecule is CCC1C(=O)N(C)c2cnc(Nc3ccc(C(=O)NCCOCCCCOC4CCNCC4)cc3OC)nc2N1C1CCCC1. The predicted molar refractivity (Wildman–Crippen MR) is 175 cm³/mol. The van der Waals surface area contributed by atoms with Crippen LogP contribution < -0.4 is 30.5 Å². The van der Waals surface area contributed by atoms with Gasteiger partial charge in [0.25, 0.3) is 5.91 Å². The predicted octanol–water partition coefficient (Wildman–Crippen LogP) is 4.03. The minimum atomic E-state index is -0.241. The van der Waals surface area contributed by atoms with Gasteiger partial charge in [0.05, 0.1) is 31.7 Å². The van der Waals surface area contributed by atoms with Crippen molar-refractivity contribution >= 4 is 35.0 Å². The molecular weight excluding hydrogens is 574 g/mol. The summed E-state index contributed by atoms with van der Waals surface area (Å²) < 4.78 is 17.2. The highest BCUT2D eigenvalue weighted by molar-refractivity contribution is 6.04. The molecule has 1 aromatic heterocycles. The highest BCUT2D eigenvalue weighted by Crippen LogP contribution is 2.40. The number of carbonyl (C=O) groups excluding carboxylic acids is 2. The van der Waals surface area contributed by atoms with Gasteiger partial charge in [0.15, 0.2) is 5.82 Å². The number of ether oxygens (including phenoxy) is 3. The van der Waals surface area contributed by atoms with E-state index in [1.165, 1.54) is 0 Å². The number of rotatable bonds is 15.